The van der Waals surface area contributed by atoms with Gasteiger partial charge in [-0.05, 0) is 51.4 Å². The van der Waals surface area contributed by atoms with Gasteiger partial charge in [-0.15, -0.1) is 0 Å². The number of fused-ring (bicyclic) bond motifs is 2. The Morgan fingerprint density at radius 3 is 2.81 bits per heavy atom. The van der Waals surface area contributed by atoms with Gasteiger partial charge in [-0.3, -0.25) is 5.10 Å². The molecule has 27 heavy (non-hydrogen) atoms. The van der Waals surface area contributed by atoms with Crippen LogP contribution in [0.25, 0.3) is 21.8 Å². The second-order valence-electron chi connectivity index (χ2n) is 6.77. The fourth-order valence-electron chi connectivity index (χ4n) is 2.92. The van der Waals surface area contributed by atoms with Crippen LogP contribution in [0.5, 0.6) is 5.75 Å². The highest BCUT2D eigenvalue weighted by atomic mass is 16.5. The van der Waals surface area contributed by atoms with E-state index in [1.807, 2.05) is 57.5 Å². The number of nitrogens with zero attached hydrogens (tertiary/aromatic N) is 4. The lowest BCUT2D eigenvalue weighted by atomic mass is 10.1. The van der Waals surface area contributed by atoms with Gasteiger partial charge < -0.3 is 15.0 Å². The Morgan fingerprint density at radius 2 is 1.96 bits per heavy atom. The Kier molecular flexibility index (Phi) is 4.60. The fourth-order valence-corrected chi connectivity index (χ4v) is 2.92. The predicted molar refractivity (Wildman–Crippen MR) is 108 cm³/mol. The first kappa shape index (κ1) is 17.2. The minimum atomic E-state index is 0.551. The molecule has 0 atom stereocenters. The van der Waals surface area contributed by atoms with Gasteiger partial charge in [0.05, 0.1) is 17.2 Å². The Morgan fingerprint density at radius 1 is 1.11 bits per heavy atom. The summed E-state index contributed by atoms with van der Waals surface area (Å²) in [5, 5.41) is 12.3. The highest BCUT2D eigenvalue weighted by Gasteiger charge is 2.09. The van der Waals surface area contributed by atoms with Crippen LogP contribution in [0.3, 0.4) is 0 Å². The van der Waals surface area contributed by atoms with Crippen molar-refractivity contribution in [1.82, 2.24) is 25.1 Å². The minimum Gasteiger partial charge on any atom is -0.492 e. The van der Waals surface area contributed by atoms with Gasteiger partial charge in [-0.25, -0.2) is 9.97 Å². The predicted octanol–water partition coefficient (Wildman–Crippen LogP) is 3.50. The molecule has 7 nitrogen and oxygen atoms in total. The van der Waals surface area contributed by atoms with Crippen LogP contribution in [0.1, 0.15) is 5.56 Å². The average molecular weight is 362 g/mol. The first-order chi connectivity index (χ1) is 13.1. The first-order valence-electron chi connectivity index (χ1n) is 8.84. The number of rotatable bonds is 6. The van der Waals surface area contributed by atoms with E-state index in [2.05, 4.69) is 25.4 Å². The molecular formula is C20H22N6O. The highest BCUT2D eigenvalue weighted by Crippen LogP contribution is 2.27. The summed E-state index contributed by atoms with van der Waals surface area (Å²) in [5.74, 6) is 1.41. The highest BCUT2D eigenvalue weighted by molar-refractivity contribution is 5.85. The first-order valence-corrected chi connectivity index (χ1v) is 8.84. The van der Waals surface area contributed by atoms with Crippen LogP contribution in [0.15, 0.2) is 42.7 Å². The summed E-state index contributed by atoms with van der Waals surface area (Å²) in [6.07, 6.45) is 3.63. The van der Waals surface area contributed by atoms with Gasteiger partial charge in [0.15, 0.2) is 0 Å². The number of aromatic amines is 1. The van der Waals surface area contributed by atoms with E-state index < -0.39 is 0 Å². The molecule has 2 heterocycles. The number of hydrogen-bond donors (Lipinski definition) is 2. The van der Waals surface area contributed by atoms with Crippen LogP contribution in [0.2, 0.25) is 0 Å². The molecule has 0 amide bonds. The monoisotopic (exact) mass is 362 g/mol. The van der Waals surface area contributed by atoms with Gasteiger partial charge in [0.2, 0.25) is 5.95 Å². The molecule has 0 aliphatic rings. The Bertz CT molecular complexity index is 1090. The molecule has 0 fully saturated rings. The molecule has 2 aromatic heterocycles. The van der Waals surface area contributed by atoms with E-state index in [0.29, 0.717) is 12.6 Å². The van der Waals surface area contributed by atoms with Gasteiger partial charge in [0.1, 0.15) is 12.4 Å². The lowest BCUT2D eigenvalue weighted by Gasteiger charge is -2.14. The Labute approximate surface area is 157 Å². The Hall–Kier alpha value is -3.19. The van der Waals surface area contributed by atoms with E-state index in [1.54, 1.807) is 6.20 Å². The van der Waals surface area contributed by atoms with Crippen molar-refractivity contribution in [2.45, 2.75) is 6.92 Å². The third-order valence-electron chi connectivity index (χ3n) is 4.45. The molecule has 0 bridgehead atoms. The quantitative estimate of drug-likeness (QED) is 0.547. The van der Waals surface area contributed by atoms with Gasteiger partial charge in [-0.2, -0.15) is 5.10 Å². The second-order valence-corrected chi connectivity index (χ2v) is 6.77. The smallest absolute Gasteiger partial charge is 0.227 e. The van der Waals surface area contributed by atoms with Gasteiger partial charge in [0, 0.05) is 34.8 Å². The molecule has 2 N–H and O–H groups in total. The van der Waals surface area contributed by atoms with E-state index >= 15 is 0 Å². The summed E-state index contributed by atoms with van der Waals surface area (Å²) in [4.78, 5) is 11.2. The third kappa shape index (κ3) is 3.68. The molecule has 4 rings (SSSR count). The molecule has 0 aliphatic carbocycles. The maximum Gasteiger partial charge on any atom is 0.227 e. The standard InChI is InChI=1S/C20H22N6O/c1-13-18(27-9-8-26(2)3)7-5-15-11-21-20(24-19(13)15)23-16-6-4-14-12-22-25-17(14)10-16/h4-7,10-12H,8-9H2,1-3H3,(H,22,25)(H,21,23,24). The summed E-state index contributed by atoms with van der Waals surface area (Å²) in [7, 11) is 4.06. The average Bonchev–Trinajstić information content (AvgIpc) is 3.11. The summed E-state index contributed by atoms with van der Waals surface area (Å²) >= 11 is 0. The van der Waals surface area contributed by atoms with Gasteiger partial charge >= 0.3 is 0 Å². The second kappa shape index (κ2) is 7.20. The van der Waals surface area contributed by atoms with Gasteiger partial charge in [0.25, 0.3) is 0 Å². The molecule has 2 aromatic carbocycles. The number of nitrogens with one attached hydrogen (secondary N) is 2. The zero-order valence-corrected chi connectivity index (χ0v) is 15.7. The van der Waals surface area contributed by atoms with Crippen LogP contribution in [-0.4, -0.2) is 52.3 Å². The molecule has 0 aliphatic heterocycles. The van der Waals surface area contributed by atoms with Crippen LogP contribution >= 0.6 is 0 Å². The number of benzene rings is 2. The minimum absolute atomic E-state index is 0.551. The number of aromatic nitrogens is 4. The van der Waals surface area contributed by atoms with E-state index in [4.69, 9.17) is 9.72 Å². The maximum atomic E-state index is 5.92. The molecule has 0 spiro atoms. The number of aryl methyl sites for hydroxylation is 1. The third-order valence-corrected chi connectivity index (χ3v) is 4.45. The van der Waals surface area contributed by atoms with E-state index in [9.17, 15) is 0 Å². The maximum absolute atomic E-state index is 5.92. The van der Waals surface area contributed by atoms with Gasteiger partial charge in [-0.1, -0.05) is 0 Å². The number of ether oxygens (including phenoxy) is 1. The van der Waals surface area contributed by atoms with Crippen LogP contribution in [0.4, 0.5) is 11.6 Å². The van der Waals surface area contributed by atoms with Crippen LogP contribution in [-0.2, 0) is 0 Å². The molecule has 138 valence electrons. The number of H-pyrrole nitrogens is 1. The molecule has 0 unspecified atom stereocenters. The number of likely N-dealkylation sites (N-methyl/N-ethyl adjacent to an activating group) is 1. The van der Waals surface area contributed by atoms with Crippen molar-refractivity contribution < 1.29 is 4.74 Å². The number of anilines is 2. The van der Waals surface area contributed by atoms with Crippen molar-refractivity contribution in [2.24, 2.45) is 0 Å². The SMILES string of the molecule is Cc1c(OCCN(C)C)ccc2cnc(Nc3ccc4cn[nH]c4c3)nc12. The van der Waals surface area contributed by atoms with Crippen LogP contribution < -0.4 is 10.1 Å². The lowest BCUT2D eigenvalue weighted by molar-refractivity contribution is 0.260. The zero-order chi connectivity index (χ0) is 18.8. The molecule has 7 heteroatoms. The molecule has 4 aromatic rings. The summed E-state index contributed by atoms with van der Waals surface area (Å²) < 4.78 is 5.92. The van der Waals surface area contributed by atoms with Crippen molar-refractivity contribution in [1.29, 1.82) is 0 Å². The van der Waals surface area contributed by atoms with E-state index in [0.717, 1.165) is 45.4 Å². The van der Waals surface area contributed by atoms with Crippen molar-refractivity contribution in [2.75, 3.05) is 32.6 Å². The number of hydrogen-bond acceptors (Lipinski definition) is 6. The van der Waals surface area contributed by atoms with Crippen molar-refractivity contribution in [3.05, 3.63) is 48.3 Å². The van der Waals surface area contributed by atoms with Crippen molar-refractivity contribution in [3.63, 3.8) is 0 Å². The molecule has 0 saturated carbocycles. The van der Waals surface area contributed by atoms with Crippen molar-refractivity contribution in [3.8, 4) is 5.75 Å². The normalized spacial score (nSPS) is 11.4. The van der Waals surface area contributed by atoms with Crippen molar-refractivity contribution >= 4 is 33.4 Å². The van der Waals surface area contributed by atoms with E-state index in [1.165, 1.54) is 0 Å². The molecule has 0 radical (unpaired) electrons. The van der Waals surface area contributed by atoms with E-state index in [-0.39, 0.29) is 0 Å². The topological polar surface area (TPSA) is 79.0 Å². The summed E-state index contributed by atoms with van der Waals surface area (Å²) in [5.41, 5.74) is 3.77. The molecule has 0 saturated heterocycles. The zero-order valence-electron chi connectivity index (χ0n) is 15.7. The summed E-state index contributed by atoms with van der Waals surface area (Å²) in [6.45, 7) is 3.53. The summed E-state index contributed by atoms with van der Waals surface area (Å²) in [6, 6.07) is 9.95. The Balaban J connectivity index is 1.60. The lowest BCUT2D eigenvalue weighted by Crippen LogP contribution is -2.19. The molecular weight excluding hydrogens is 340 g/mol. The van der Waals surface area contributed by atoms with Crippen LogP contribution in [0, 0.1) is 6.92 Å². The fraction of sp³-hybridized carbons (Fsp3) is 0.250. The largest absolute Gasteiger partial charge is 0.492 e.